The number of likely N-dealkylation sites (N-methyl/N-ethyl adjacent to an activating group) is 1. The highest BCUT2D eigenvalue weighted by Gasteiger charge is 2.19. The van der Waals surface area contributed by atoms with Crippen LogP contribution in [0.3, 0.4) is 0 Å². The molecular weight excluding hydrogens is 120 g/mol. The molecule has 0 unspecified atom stereocenters. The summed E-state index contributed by atoms with van der Waals surface area (Å²) in [6.07, 6.45) is -0.274. The molecule has 1 fully saturated rings. The first-order valence-electron chi connectivity index (χ1n) is 2.83. The van der Waals surface area contributed by atoms with Crippen molar-refractivity contribution >= 4 is 6.09 Å². The van der Waals surface area contributed by atoms with Gasteiger partial charge in [0.15, 0.2) is 0 Å². The van der Waals surface area contributed by atoms with Gasteiger partial charge in [0.2, 0.25) is 0 Å². The van der Waals surface area contributed by atoms with Crippen LogP contribution in [-0.2, 0) is 4.74 Å². The van der Waals surface area contributed by atoms with Crippen molar-refractivity contribution in [3.63, 3.8) is 0 Å². The molecular formula is C5H10N2O2. The highest BCUT2D eigenvalue weighted by atomic mass is 16.6. The topological polar surface area (TPSA) is 32.8 Å². The van der Waals surface area contributed by atoms with Gasteiger partial charge >= 0.3 is 6.09 Å². The molecule has 1 aliphatic rings. The Morgan fingerprint density at radius 2 is 2.22 bits per heavy atom. The second-order valence-electron chi connectivity index (χ2n) is 2.02. The largest absolute Gasteiger partial charge is 0.447 e. The minimum absolute atomic E-state index is 0.274. The van der Waals surface area contributed by atoms with Crippen LogP contribution in [0.2, 0.25) is 0 Å². The van der Waals surface area contributed by atoms with Gasteiger partial charge in [-0.15, -0.1) is 0 Å². The van der Waals surface area contributed by atoms with Gasteiger partial charge < -0.3 is 4.74 Å². The lowest BCUT2D eigenvalue weighted by Gasteiger charge is -2.31. The second-order valence-corrected chi connectivity index (χ2v) is 2.02. The summed E-state index contributed by atoms with van der Waals surface area (Å²) in [7, 11) is 3.53. The van der Waals surface area contributed by atoms with Crippen molar-refractivity contribution in [2.24, 2.45) is 0 Å². The van der Waals surface area contributed by atoms with Crippen LogP contribution in [0.1, 0.15) is 0 Å². The minimum Gasteiger partial charge on any atom is -0.447 e. The first-order chi connectivity index (χ1) is 4.22. The van der Waals surface area contributed by atoms with E-state index in [2.05, 4.69) is 0 Å². The van der Waals surface area contributed by atoms with E-state index in [0.29, 0.717) is 6.61 Å². The van der Waals surface area contributed by atoms with Crippen LogP contribution in [0.5, 0.6) is 0 Å². The van der Waals surface area contributed by atoms with Gasteiger partial charge in [-0.3, -0.25) is 0 Å². The lowest BCUT2D eigenvalue weighted by atomic mass is 10.6. The number of rotatable bonds is 0. The van der Waals surface area contributed by atoms with Gasteiger partial charge in [-0.1, -0.05) is 0 Å². The third kappa shape index (κ3) is 1.13. The van der Waals surface area contributed by atoms with Crippen LogP contribution in [0.15, 0.2) is 0 Å². The molecule has 1 rings (SSSR count). The fourth-order valence-electron chi connectivity index (χ4n) is 0.648. The highest BCUT2D eigenvalue weighted by Crippen LogP contribution is 2.00. The lowest BCUT2D eigenvalue weighted by Crippen LogP contribution is -2.47. The second kappa shape index (κ2) is 2.23. The number of hydrogen-bond acceptors (Lipinski definition) is 3. The molecule has 0 radical (unpaired) electrons. The third-order valence-corrected chi connectivity index (χ3v) is 1.42. The van der Waals surface area contributed by atoms with Gasteiger partial charge in [0.05, 0.1) is 6.54 Å². The van der Waals surface area contributed by atoms with Gasteiger partial charge in [0.25, 0.3) is 0 Å². The predicted molar refractivity (Wildman–Crippen MR) is 31.7 cm³/mol. The molecule has 0 aromatic carbocycles. The van der Waals surface area contributed by atoms with Gasteiger partial charge in [-0.2, -0.15) is 0 Å². The molecule has 0 bridgehead atoms. The number of hydrogen-bond donors (Lipinski definition) is 0. The Morgan fingerprint density at radius 1 is 1.56 bits per heavy atom. The average molecular weight is 130 g/mol. The number of nitrogens with zero attached hydrogens (tertiary/aromatic N) is 2. The predicted octanol–water partition coefficient (Wildman–Crippen LogP) is -0.0848. The number of carbonyl (C=O) groups excluding carboxylic acids is 1. The standard InChI is InChI=1S/C5H10N2O2/c1-6-3-4-9-5(8)7(6)2/h3-4H2,1-2H3. The van der Waals surface area contributed by atoms with E-state index in [4.69, 9.17) is 4.74 Å². The normalized spacial score (nSPS) is 22.0. The molecule has 0 aromatic heterocycles. The summed E-state index contributed by atoms with van der Waals surface area (Å²) >= 11 is 0. The Morgan fingerprint density at radius 3 is 2.67 bits per heavy atom. The van der Waals surface area contributed by atoms with Crippen LogP contribution in [0, 0.1) is 0 Å². The van der Waals surface area contributed by atoms with Gasteiger partial charge in [-0.05, 0) is 0 Å². The summed E-state index contributed by atoms with van der Waals surface area (Å²) in [5.41, 5.74) is 0. The first-order valence-corrected chi connectivity index (χ1v) is 2.83. The summed E-state index contributed by atoms with van der Waals surface area (Å²) in [4.78, 5) is 10.7. The fraction of sp³-hybridized carbons (Fsp3) is 0.800. The molecule has 1 saturated heterocycles. The Bertz CT molecular complexity index is 126. The zero-order valence-corrected chi connectivity index (χ0v) is 5.63. The van der Waals surface area contributed by atoms with E-state index in [-0.39, 0.29) is 6.09 Å². The minimum atomic E-state index is -0.274. The molecule has 1 aliphatic heterocycles. The van der Waals surface area contributed by atoms with Crippen LogP contribution in [-0.4, -0.2) is 43.4 Å². The maximum absolute atomic E-state index is 10.7. The van der Waals surface area contributed by atoms with Crippen molar-refractivity contribution in [1.29, 1.82) is 0 Å². The van der Waals surface area contributed by atoms with Gasteiger partial charge in [0, 0.05) is 14.1 Å². The molecule has 0 aliphatic carbocycles. The molecule has 0 spiro atoms. The van der Waals surface area contributed by atoms with E-state index in [1.165, 1.54) is 5.01 Å². The van der Waals surface area contributed by atoms with Crippen molar-refractivity contribution < 1.29 is 9.53 Å². The maximum atomic E-state index is 10.7. The van der Waals surface area contributed by atoms with E-state index in [9.17, 15) is 4.79 Å². The van der Waals surface area contributed by atoms with Crippen LogP contribution in [0.25, 0.3) is 0 Å². The van der Waals surface area contributed by atoms with Gasteiger partial charge in [-0.25, -0.2) is 14.8 Å². The van der Waals surface area contributed by atoms with E-state index in [0.717, 1.165) is 6.54 Å². The third-order valence-electron chi connectivity index (χ3n) is 1.42. The monoisotopic (exact) mass is 130 g/mol. The number of ether oxygens (including phenoxy) is 1. The smallest absolute Gasteiger partial charge is 0.424 e. The van der Waals surface area contributed by atoms with E-state index in [1.807, 2.05) is 12.1 Å². The Kier molecular flexibility index (Phi) is 1.57. The van der Waals surface area contributed by atoms with Crippen molar-refractivity contribution in [3.8, 4) is 0 Å². The van der Waals surface area contributed by atoms with Crippen molar-refractivity contribution in [2.75, 3.05) is 27.2 Å². The average Bonchev–Trinajstić information content (AvgIpc) is 1.83. The Labute approximate surface area is 54.0 Å². The summed E-state index contributed by atoms with van der Waals surface area (Å²) < 4.78 is 4.71. The van der Waals surface area contributed by atoms with Gasteiger partial charge in [0.1, 0.15) is 6.61 Å². The SMILES string of the molecule is CN1CCOC(=O)N1C. The summed E-state index contributed by atoms with van der Waals surface area (Å²) in [5, 5.41) is 3.26. The summed E-state index contributed by atoms with van der Waals surface area (Å²) in [6.45, 7) is 1.28. The van der Waals surface area contributed by atoms with Crippen molar-refractivity contribution in [1.82, 2.24) is 10.0 Å². The molecule has 1 amide bonds. The van der Waals surface area contributed by atoms with E-state index < -0.39 is 0 Å². The van der Waals surface area contributed by atoms with Crippen molar-refractivity contribution in [2.45, 2.75) is 0 Å². The van der Waals surface area contributed by atoms with Crippen LogP contribution >= 0.6 is 0 Å². The number of amides is 1. The lowest BCUT2D eigenvalue weighted by molar-refractivity contribution is -0.0356. The molecule has 0 saturated carbocycles. The molecule has 0 N–H and O–H groups in total. The molecule has 4 nitrogen and oxygen atoms in total. The zero-order chi connectivity index (χ0) is 6.85. The molecule has 52 valence electrons. The zero-order valence-electron chi connectivity index (χ0n) is 5.63. The molecule has 9 heavy (non-hydrogen) atoms. The number of cyclic esters (lactones) is 1. The molecule has 0 aromatic rings. The number of carbonyl (C=O) groups is 1. The Hall–Kier alpha value is -0.770. The Balaban J connectivity index is 2.51. The molecule has 4 heteroatoms. The van der Waals surface area contributed by atoms with Crippen LogP contribution in [0.4, 0.5) is 4.79 Å². The first kappa shape index (κ1) is 6.35. The summed E-state index contributed by atoms with van der Waals surface area (Å²) in [6, 6.07) is 0. The van der Waals surface area contributed by atoms with E-state index in [1.54, 1.807) is 7.05 Å². The quantitative estimate of drug-likeness (QED) is 0.459. The fourth-order valence-corrected chi connectivity index (χ4v) is 0.648. The molecule has 1 heterocycles. The molecule has 0 atom stereocenters. The number of hydrazine groups is 1. The summed E-state index contributed by atoms with van der Waals surface area (Å²) in [5.74, 6) is 0. The van der Waals surface area contributed by atoms with Crippen molar-refractivity contribution in [3.05, 3.63) is 0 Å². The van der Waals surface area contributed by atoms with Crippen LogP contribution < -0.4 is 0 Å². The highest BCUT2D eigenvalue weighted by molar-refractivity contribution is 5.67. The maximum Gasteiger partial charge on any atom is 0.424 e. The van der Waals surface area contributed by atoms with E-state index >= 15 is 0 Å².